The molecule has 0 spiro atoms. The van der Waals surface area contributed by atoms with Crippen LogP contribution in [0.1, 0.15) is 22.3 Å². The van der Waals surface area contributed by atoms with Gasteiger partial charge in [-0.05, 0) is 60.4 Å². The second-order valence-corrected chi connectivity index (χ2v) is 5.32. The quantitative estimate of drug-likeness (QED) is 0.659. The number of hydrazone groups is 1. The van der Waals surface area contributed by atoms with Crippen molar-refractivity contribution in [2.75, 3.05) is 7.11 Å². The number of carbonyl (C=O) groups is 1. The summed E-state index contributed by atoms with van der Waals surface area (Å²) in [4.78, 5) is 11.8. The van der Waals surface area contributed by atoms with Crippen molar-refractivity contribution in [3.05, 3.63) is 58.7 Å². The van der Waals surface area contributed by atoms with E-state index in [9.17, 15) is 9.90 Å². The molecular formula is C18H20N2O3. The Morgan fingerprint density at radius 3 is 2.39 bits per heavy atom. The lowest BCUT2D eigenvalue weighted by molar-refractivity contribution is -0.120. The van der Waals surface area contributed by atoms with Crippen molar-refractivity contribution in [3.8, 4) is 11.5 Å². The molecule has 2 aromatic carbocycles. The third-order valence-corrected chi connectivity index (χ3v) is 3.44. The molecule has 0 aliphatic rings. The normalized spacial score (nSPS) is 10.7. The molecule has 2 rings (SSSR count). The van der Waals surface area contributed by atoms with Gasteiger partial charge in [-0.15, -0.1) is 0 Å². The number of aryl methyl sites for hydroxylation is 2. The zero-order chi connectivity index (χ0) is 16.8. The van der Waals surface area contributed by atoms with Gasteiger partial charge >= 0.3 is 0 Å². The maximum absolute atomic E-state index is 11.8. The number of rotatable bonds is 5. The Morgan fingerprint density at radius 1 is 1.22 bits per heavy atom. The van der Waals surface area contributed by atoms with Crippen LogP contribution in [-0.2, 0) is 11.2 Å². The Bertz CT molecular complexity index is 699. The molecule has 5 nitrogen and oxygen atoms in total. The van der Waals surface area contributed by atoms with Crippen molar-refractivity contribution in [2.24, 2.45) is 5.10 Å². The summed E-state index contributed by atoms with van der Waals surface area (Å²) >= 11 is 0. The standard InChI is InChI=1S/C18H20N2O3/c1-12-8-15(9-13(2)18(12)22)11-19-20-17(21)10-14-4-6-16(23-3)7-5-14/h4-9,11,22H,10H2,1-3H3,(H,20,21). The molecule has 2 aromatic rings. The Labute approximate surface area is 135 Å². The predicted octanol–water partition coefficient (Wildman–Crippen LogP) is 2.71. The molecule has 120 valence electrons. The maximum Gasteiger partial charge on any atom is 0.244 e. The molecule has 2 N–H and O–H groups in total. The summed E-state index contributed by atoms with van der Waals surface area (Å²) in [5, 5.41) is 13.7. The highest BCUT2D eigenvalue weighted by Gasteiger charge is 2.04. The van der Waals surface area contributed by atoms with Crippen molar-refractivity contribution in [1.82, 2.24) is 5.43 Å². The van der Waals surface area contributed by atoms with Crippen LogP contribution >= 0.6 is 0 Å². The molecular weight excluding hydrogens is 292 g/mol. The summed E-state index contributed by atoms with van der Waals surface area (Å²) in [6.45, 7) is 3.64. The van der Waals surface area contributed by atoms with Crippen LogP contribution in [0, 0.1) is 13.8 Å². The van der Waals surface area contributed by atoms with E-state index in [1.54, 1.807) is 13.3 Å². The second-order valence-electron chi connectivity index (χ2n) is 5.32. The molecule has 0 bridgehead atoms. The highest BCUT2D eigenvalue weighted by Crippen LogP contribution is 2.21. The Balaban J connectivity index is 1.93. The number of phenols is 1. The van der Waals surface area contributed by atoms with Gasteiger partial charge in [-0.1, -0.05) is 12.1 Å². The minimum atomic E-state index is -0.196. The number of ether oxygens (including phenoxy) is 1. The van der Waals surface area contributed by atoms with Gasteiger partial charge in [0.1, 0.15) is 11.5 Å². The Kier molecular flexibility index (Phi) is 5.36. The Hall–Kier alpha value is -2.82. The Morgan fingerprint density at radius 2 is 1.83 bits per heavy atom. The van der Waals surface area contributed by atoms with E-state index in [1.165, 1.54) is 0 Å². The van der Waals surface area contributed by atoms with E-state index < -0.39 is 0 Å². The van der Waals surface area contributed by atoms with Gasteiger partial charge in [0.15, 0.2) is 0 Å². The number of nitrogens with zero attached hydrogens (tertiary/aromatic N) is 1. The van der Waals surface area contributed by atoms with E-state index in [4.69, 9.17) is 4.74 Å². The predicted molar refractivity (Wildman–Crippen MR) is 90.0 cm³/mol. The SMILES string of the molecule is COc1ccc(CC(=O)NN=Cc2cc(C)c(O)c(C)c2)cc1. The van der Waals surface area contributed by atoms with Crippen LogP contribution in [0.2, 0.25) is 0 Å². The lowest BCUT2D eigenvalue weighted by atomic mass is 10.1. The summed E-state index contributed by atoms with van der Waals surface area (Å²) in [6, 6.07) is 10.9. The highest BCUT2D eigenvalue weighted by atomic mass is 16.5. The van der Waals surface area contributed by atoms with Gasteiger partial charge in [-0.3, -0.25) is 4.79 Å². The van der Waals surface area contributed by atoms with E-state index in [2.05, 4.69) is 10.5 Å². The minimum absolute atomic E-state index is 0.196. The number of hydrogen-bond donors (Lipinski definition) is 2. The van der Waals surface area contributed by atoms with Gasteiger partial charge in [0.05, 0.1) is 19.7 Å². The van der Waals surface area contributed by atoms with Crippen molar-refractivity contribution >= 4 is 12.1 Å². The number of methoxy groups -OCH3 is 1. The molecule has 0 fully saturated rings. The van der Waals surface area contributed by atoms with Gasteiger partial charge in [0, 0.05) is 0 Å². The molecule has 0 aliphatic heterocycles. The first-order valence-corrected chi connectivity index (χ1v) is 7.24. The van der Waals surface area contributed by atoms with E-state index in [1.807, 2.05) is 50.2 Å². The smallest absolute Gasteiger partial charge is 0.244 e. The largest absolute Gasteiger partial charge is 0.507 e. The second kappa shape index (κ2) is 7.45. The van der Waals surface area contributed by atoms with Gasteiger partial charge in [-0.25, -0.2) is 5.43 Å². The minimum Gasteiger partial charge on any atom is -0.507 e. The summed E-state index contributed by atoms with van der Waals surface area (Å²) < 4.78 is 5.07. The fourth-order valence-electron chi connectivity index (χ4n) is 2.21. The van der Waals surface area contributed by atoms with Gasteiger partial charge in [0.2, 0.25) is 5.91 Å². The number of amides is 1. The summed E-state index contributed by atoms with van der Waals surface area (Å²) in [5.41, 5.74) is 5.75. The number of hydrogen-bond acceptors (Lipinski definition) is 4. The fourth-order valence-corrected chi connectivity index (χ4v) is 2.21. The average Bonchev–Trinajstić information content (AvgIpc) is 2.53. The lowest BCUT2D eigenvalue weighted by Gasteiger charge is -2.05. The van der Waals surface area contributed by atoms with E-state index in [0.29, 0.717) is 0 Å². The number of carbonyl (C=O) groups excluding carboxylic acids is 1. The zero-order valence-electron chi connectivity index (χ0n) is 13.5. The maximum atomic E-state index is 11.8. The molecule has 0 saturated carbocycles. The topological polar surface area (TPSA) is 70.9 Å². The van der Waals surface area contributed by atoms with Gasteiger partial charge < -0.3 is 9.84 Å². The van der Waals surface area contributed by atoms with Crippen molar-refractivity contribution < 1.29 is 14.6 Å². The highest BCUT2D eigenvalue weighted by molar-refractivity contribution is 5.84. The van der Waals surface area contributed by atoms with Crippen LogP contribution in [0.5, 0.6) is 11.5 Å². The molecule has 0 atom stereocenters. The number of phenolic OH excluding ortho intramolecular Hbond substituents is 1. The van der Waals surface area contributed by atoms with Crippen molar-refractivity contribution in [1.29, 1.82) is 0 Å². The summed E-state index contributed by atoms with van der Waals surface area (Å²) in [6.07, 6.45) is 1.81. The molecule has 23 heavy (non-hydrogen) atoms. The number of aromatic hydroxyl groups is 1. The molecule has 1 amide bonds. The first-order chi connectivity index (χ1) is 11.0. The van der Waals surface area contributed by atoms with Crippen LogP contribution in [0.3, 0.4) is 0 Å². The van der Waals surface area contributed by atoms with Gasteiger partial charge in [0.25, 0.3) is 0 Å². The molecule has 0 saturated heterocycles. The number of nitrogens with one attached hydrogen (secondary N) is 1. The molecule has 0 aromatic heterocycles. The van der Waals surface area contributed by atoms with Crippen LogP contribution < -0.4 is 10.2 Å². The van der Waals surface area contributed by atoms with Crippen molar-refractivity contribution in [2.45, 2.75) is 20.3 Å². The van der Waals surface area contributed by atoms with E-state index >= 15 is 0 Å². The fraction of sp³-hybridized carbons (Fsp3) is 0.222. The van der Waals surface area contributed by atoms with Crippen LogP contribution in [-0.4, -0.2) is 24.3 Å². The molecule has 0 heterocycles. The third-order valence-electron chi connectivity index (χ3n) is 3.44. The zero-order valence-corrected chi connectivity index (χ0v) is 13.5. The lowest BCUT2D eigenvalue weighted by Crippen LogP contribution is -2.19. The van der Waals surface area contributed by atoms with Crippen LogP contribution in [0.4, 0.5) is 0 Å². The third kappa shape index (κ3) is 4.57. The van der Waals surface area contributed by atoms with Crippen LogP contribution in [0.25, 0.3) is 0 Å². The van der Waals surface area contributed by atoms with Crippen LogP contribution in [0.15, 0.2) is 41.5 Å². The molecule has 0 unspecified atom stereocenters. The average molecular weight is 312 g/mol. The first kappa shape index (κ1) is 16.5. The molecule has 0 radical (unpaired) electrons. The van der Waals surface area contributed by atoms with E-state index in [0.717, 1.165) is 28.0 Å². The first-order valence-electron chi connectivity index (χ1n) is 7.24. The van der Waals surface area contributed by atoms with Crippen molar-refractivity contribution in [3.63, 3.8) is 0 Å². The van der Waals surface area contributed by atoms with Gasteiger partial charge in [-0.2, -0.15) is 5.10 Å². The summed E-state index contributed by atoms with van der Waals surface area (Å²) in [7, 11) is 1.60. The number of benzene rings is 2. The summed E-state index contributed by atoms with van der Waals surface area (Å²) in [5.74, 6) is 0.842. The molecule has 5 heteroatoms. The monoisotopic (exact) mass is 312 g/mol. The van der Waals surface area contributed by atoms with E-state index in [-0.39, 0.29) is 18.1 Å². The molecule has 0 aliphatic carbocycles.